The third kappa shape index (κ3) is 4.72. The van der Waals surface area contributed by atoms with Crippen molar-refractivity contribution in [3.63, 3.8) is 0 Å². The van der Waals surface area contributed by atoms with Crippen LogP contribution < -0.4 is 5.32 Å². The molecular formula is C15H19ClN2O3. The van der Waals surface area contributed by atoms with Crippen molar-refractivity contribution in [3.8, 4) is 0 Å². The highest BCUT2D eigenvalue weighted by atomic mass is 35.5. The van der Waals surface area contributed by atoms with Gasteiger partial charge < -0.3 is 10.4 Å². The molecule has 1 aliphatic rings. The summed E-state index contributed by atoms with van der Waals surface area (Å²) in [6, 6.07) is 6.84. The summed E-state index contributed by atoms with van der Waals surface area (Å²) in [7, 11) is 0. The number of halogens is 1. The van der Waals surface area contributed by atoms with Gasteiger partial charge in [0.2, 0.25) is 5.91 Å². The number of carboxylic acids is 1. The molecule has 1 aromatic carbocycles. The van der Waals surface area contributed by atoms with E-state index in [0.29, 0.717) is 11.6 Å². The maximum atomic E-state index is 12.0. The zero-order valence-corrected chi connectivity index (χ0v) is 12.6. The minimum absolute atomic E-state index is 0.110. The molecular weight excluding hydrogens is 292 g/mol. The molecule has 0 bridgehead atoms. The number of rotatable bonds is 7. The molecule has 114 valence electrons. The predicted octanol–water partition coefficient (Wildman–Crippen LogP) is 1.89. The summed E-state index contributed by atoms with van der Waals surface area (Å²) in [5.41, 5.74) is 0.917. The normalized spacial score (nSPS) is 15.8. The molecule has 0 aromatic heterocycles. The SMILES string of the molecule is CC(C(=O)O)N(CC(=O)NCc1cccc(Cl)c1)C1CC1. The largest absolute Gasteiger partial charge is 0.480 e. The standard InChI is InChI=1S/C15H19ClN2O3/c1-10(15(20)21)18(13-5-6-13)9-14(19)17-8-11-3-2-4-12(16)7-11/h2-4,7,10,13H,5-6,8-9H2,1H3,(H,17,19)(H,20,21). The Bertz CT molecular complexity index is 531. The second-order valence-electron chi connectivity index (χ2n) is 5.32. The molecule has 1 atom stereocenters. The van der Waals surface area contributed by atoms with Crippen LogP contribution in [0.5, 0.6) is 0 Å². The van der Waals surface area contributed by atoms with E-state index in [2.05, 4.69) is 5.32 Å². The number of nitrogens with one attached hydrogen (secondary N) is 1. The lowest BCUT2D eigenvalue weighted by molar-refractivity contribution is -0.143. The third-order valence-electron chi connectivity index (χ3n) is 3.58. The summed E-state index contributed by atoms with van der Waals surface area (Å²) < 4.78 is 0. The van der Waals surface area contributed by atoms with Gasteiger partial charge in [-0.05, 0) is 37.5 Å². The molecule has 0 spiro atoms. The van der Waals surface area contributed by atoms with Gasteiger partial charge in [0, 0.05) is 17.6 Å². The minimum Gasteiger partial charge on any atom is -0.480 e. The van der Waals surface area contributed by atoms with E-state index in [0.717, 1.165) is 18.4 Å². The lowest BCUT2D eigenvalue weighted by Crippen LogP contribution is -2.46. The summed E-state index contributed by atoms with van der Waals surface area (Å²) in [4.78, 5) is 24.8. The molecule has 5 nitrogen and oxygen atoms in total. The van der Waals surface area contributed by atoms with Gasteiger partial charge in [-0.2, -0.15) is 0 Å². The molecule has 1 amide bonds. The van der Waals surface area contributed by atoms with Crippen molar-refractivity contribution in [3.05, 3.63) is 34.9 Å². The van der Waals surface area contributed by atoms with Crippen LogP contribution in [0.4, 0.5) is 0 Å². The summed E-state index contributed by atoms with van der Waals surface area (Å²) >= 11 is 5.88. The Morgan fingerprint density at radius 1 is 1.48 bits per heavy atom. The molecule has 1 aliphatic carbocycles. The molecule has 1 aromatic rings. The first kappa shape index (κ1) is 15.8. The average molecular weight is 311 g/mol. The van der Waals surface area contributed by atoms with Gasteiger partial charge in [-0.15, -0.1) is 0 Å². The molecule has 2 rings (SSSR count). The number of hydrogen-bond acceptors (Lipinski definition) is 3. The Labute approximate surface area is 128 Å². The molecule has 0 radical (unpaired) electrons. The van der Waals surface area contributed by atoms with Crippen molar-refractivity contribution in [2.24, 2.45) is 0 Å². The Morgan fingerprint density at radius 2 is 2.19 bits per heavy atom. The second-order valence-corrected chi connectivity index (χ2v) is 5.76. The first-order valence-electron chi connectivity index (χ1n) is 6.97. The topological polar surface area (TPSA) is 69.6 Å². The van der Waals surface area contributed by atoms with E-state index in [4.69, 9.17) is 16.7 Å². The van der Waals surface area contributed by atoms with Crippen molar-refractivity contribution in [2.75, 3.05) is 6.54 Å². The van der Waals surface area contributed by atoms with Crippen LogP contribution >= 0.6 is 11.6 Å². The average Bonchev–Trinajstić information content (AvgIpc) is 3.26. The van der Waals surface area contributed by atoms with Crippen LogP contribution in [-0.2, 0) is 16.1 Å². The van der Waals surface area contributed by atoms with Crippen molar-refractivity contribution in [2.45, 2.75) is 38.4 Å². The van der Waals surface area contributed by atoms with Gasteiger partial charge in [0.1, 0.15) is 6.04 Å². The van der Waals surface area contributed by atoms with Crippen LogP contribution in [0.3, 0.4) is 0 Å². The Kier molecular flexibility index (Phi) is 5.20. The number of carbonyl (C=O) groups excluding carboxylic acids is 1. The number of nitrogens with zero attached hydrogens (tertiary/aromatic N) is 1. The van der Waals surface area contributed by atoms with E-state index in [-0.39, 0.29) is 18.5 Å². The first-order chi connectivity index (χ1) is 9.97. The van der Waals surface area contributed by atoms with Crippen LogP contribution in [0.2, 0.25) is 5.02 Å². The fourth-order valence-electron chi connectivity index (χ4n) is 2.20. The molecule has 1 fully saturated rings. The van der Waals surface area contributed by atoms with Crippen molar-refractivity contribution < 1.29 is 14.7 Å². The number of benzene rings is 1. The zero-order valence-electron chi connectivity index (χ0n) is 11.9. The highest BCUT2D eigenvalue weighted by molar-refractivity contribution is 6.30. The molecule has 0 heterocycles. The monoisotopic (exact) mass is 310 g/mol. The van der Waals surface area contributed by atoms with Gasteiger partial charge >= 0.3 is 5.97 Å². The molecule has 0 aliphatic heterocycles. The highest BCUT2D eigenvalue weighted by Gasteiger charge is 2.36. The second kappa shape index (κ2) is 6.91. The summed E-state index contributed by atoms with van der Waals surface area (Å²) in [6.45, 7) is 2.11. The van der Waals surface area contributed by atoms with Gasteiger partial charge in [0.25, 0.3) is 0 Å². The predicted molar refractivity (Wildman–Crippen MR) is 80.1 cm³/mol. The smallest absolute Gasteiger partial charge is 0.320 e. The Balaban J connectivity index is 1.86. The van der Waals surface area contributed by atoms with Crippen molar-refractivity contribution >= 4 is 23.5 Å². The number of aliphatic carboxylic acids is 1. The quantitative estimate of drug-likeness (QED) is 0.807. The number of hydrogen-bond donors (Lipinski definition) is 2. The highest BCUT2D eigenvalue weighted by Crippen LogP contribution is 2.28. The zero-order chi connectivity index (χ0) is 15.4. The number of carboxylic acid groups (broad SMARTS) is 1. The first-order valence-corrected chi connectivity index (χ1v) is 7.35. The number of carbonyl (C=O) groups is 2. The van der Waals surface area contributed by atoms with Gasteiger partial charge in [-0.3, -0.25) is 14.5 Å². The molecule has 1 saturated carbocycles. The fourth-order valence-corrected chi connectivity index (χ4v) is 2.41. The van der Waals surface area contributed by atoms with Crippen LogP contribution in [0.1, 0.15) is 25.3 Å². The lowest BCUT2D eigenvalue weighted by atomic mass is 10.2. The van der Waals surface area contributed by atoms with Gasteiger partial charge in [0.15, 0.2) is 0 Å². The van der Waals surface area contributed by atoms with Crippen LogP contribution in [0.25, 0.3) is 0 Å². The molecule has 21 heavy (non-hydrogen) atoms. The maximum Gasteiger partial charge on any atom is 0.320 e. The Morgan fingerprint density at radius 3 is 2.76 bits per heavy atom. The minimum atomic E-state index is -0.899. The van der Waals surface area contributed by atoms with Gasteiger partial charge in [-0.1, -0.05) is 23.7 Å². The van der Waals surface area contributed by atoms with E-state index in [1.54, 1.807) is 24.0 Å². The van der Waals surface area contributed by atoms with E-state index < -0.39 is 12.0 Å². The van der Waals surface area contributed by atoms with Crippen molar-refractivity contribution in [1.82, 2.24) is 10.2 Å². The number of amides is 1. The van der Waals surface area contributed by atoms with Crippen LogP contribution in [0.15, 0.2) is 24.3 Å². The van der Waals surface area contributed by atoms with E-state index in [1.165, 1.54) is 0 Å². The Hall–Kier alpha value is -1.59. The third-order valence-corrected chi connectivity index (χ3v) is 3.81. The van der Waals surface area contributed by atoms with E-state index >= 15 is 0 Å². The molecule has 1 unspecified atom stereocenters. The van der Waals surface area contributed by atoms with Crippen molar-refractivity contribution in [1.29, 1.82) is 0 Å². The lowest BCUT2D eigenvalue weighted by Gasteiger charge is -2.25. The van der Waals surface area contributed by atoms with Crippen LogP contribution in [-0.4, -0.2) is 40.5 Å². The van der Waals surface area contributed by atoms with E-state index in [1.807, 2.05) is 12.1 Å². The fraction of sp³-hybridized carbons (Fsp3) is 0.467. The molecule has 0 saturated heterocycles. The molecule has 2 N–H and O–H groups in total. The van der Waals surface area contributed by atoms with Gasteiger partial charge in [0.05, 0.1) is 6.54 Å². The summed E-state index contributed by atoms with van der Waals surface area (Å²) in [5.74, 6) is -1.07. The maximum absolute atomic E-state index is 12.0. The summed E-state index contributed by atoms with van der Waals surface area (Å²) in [5, 5.41) is 12.5. The van der Waals surface area contributed by atoms with E-state index in [9.17, 15) is 9.59 Å². The molecule has 6 heteroatoms. The summed E-state index contributed by atoms with van der Waals surface area (Å²) in [6.07, 6.45) is 1.92. The van der Waals surface area contributed by atoms with Crippen LogP contribution in [0, 0.1) is 0 Å². The van der Waals surface area contributed by atoms with Gasteiger partial charge in [-0.25, -0.2) is 0 Å².